The first-order chi connectivity index (χ1) is 9.57. The number of carbonyl (C=O) groups is 1. The number of carboxylic acids is 1. The van der Waals surface area contributed by atoms with Crippen molar-refractivity contribution in [3.05, 3.63) is 24.3 Å². The topological polar surface area (TPSA) is 55.1 Å². The molecule has 20 heavy (non-hydrogen) atoms. The third-order valence-electron chi connectivity index (χ3n) is 4.04. The SMILES string of the molecule is CC1(Cn2c(SCC(=O)O)nc3ccccc32)CCC1. The van der Waals surface area contributed by atoms with Crippen LogP contribution in [0.4, 0.5) is 0 Å². The zero-order valence-electron chi connectivity index (χ0n) is 11.5. The number of benzene rings is 1. The maximum absolute atomic E-state index is 10.8. The Labute approximate surface area is 122 Å². The number of aromatic nitrogens is 2. The molecule has 0 spiro atoms. The second-order valence-corrected chi connectivity index (χ2v) is 6.76. The van der Waals surface area contributed by atoms with Gasteiger partial charge in [0.1, 0.15) is 0 Å². The molecule has 1 aliphatic carbocycles. The van der Waals surface area contributed by atoms with E-state index in [1.807, 2.05) is 18.2 Å². The number of imidazole rings is 1. The normalized spacial score (nSPS) is 17.1. The Balaban J connectivity index is 1.96. The van der Waals surface area contributed by atoms with Gasteiger partial charge in [-0.3, -0.25) is 4.79 Å². The summed E-state index contributed by atoms with van der Waals surface area (Å²) < 4.78 is 2.20. The number of fused-ring (bicyclic) bond motifs is 1. The van der Waals surface area contributed by atoms with Crippen LogP contribution >= 0.6 is 11.8 Å². The number of rotatable bonds is 5. The Morgan fingerprint density at radius 2 is 2.20 bits per heavy atom. The summed E-state index contributed by atoms with van der Waals surface area (Å²) in [6.45, 7) is 3.23. The van der Waals surface area contributed by atoms with Gasteiger partial charge < -0.3 is 9.67 Å². The molecule has 0 aliphatic heterocycles. The van der Waals surface area contributed by atoms with Gasteiger partial charge in [0.25, 0.3) is 0 Å². The minimum Gasteiger partial charge on any atom is -0.481 e. The molecule has 1 aromatic heterocycles. The van der Waals surface area contributed by atoms with Crippen molar-refractivity contribution in [3.63, 3.8) is 0 Å². The fourth-order valence-electron chi connectivity index (χ4n) is 2.76. The highest BCUT2D eigenvalue weighted by Crippen LogP contribution is 2.43. The summed E-state index contributed by atoms with van der Waals surface area (Å²) in [5.41, 5.74) is 2.39. The number of carboxylic acid groups (broad SMARTS) is 1. The van der Waals surface area contributed by atoms with Crippen molar-refractivity contribution in [2.24, 2.45) is 5.41 Å². The smallest absolute Gasteiger partial charge is 0.313 e. The molecular formula is C15H18N2O2S. The lowest BCUT2D eigenvalue weighted by Gasteiger charge is -2.39. The van der Waals surface area contributed by atoms with Gasteiger partial charge in [0.05, 0.1) is 16.8 Å². The van der Waals surface area contributed by atoms with E-state index in [1.54, 1.807) is 0 Å². The van der Waals surface area contributed by atoms with E-state index >= 15 is 0 Å². The quantitative estimate of drug-likeness (QED) is 0.857. The van der Waals surface area contributed by atoms with Gasteiger partial charge in [0.15, 0.2) is 5.16 Å². The van der Waals surface area contributed by atoms with E-state index in [9.17, 15) is 4.79 Å². The molecule has 2 aromatic rings. The first-order valence-corrected chi connectivity index (χ1v) is 7.86. The number of nitrogens with zero attached hydrogens (tertiary/aromatic N) is 2. The van der Waals surface area contributed by atoms with E-state index in [2.05, 4.69) is 22.5 Å². The maximum atomic E-state index is 10.8. The van der Waals surface area contributed by atoms with Gasteiger partial charge >= 0.3 is 5.97 Å². The third kappa shape index (κ3) is 2.54. The zero-order chi connectivity index (χ0) is 14.2. The van der Waals surface area contributed by atoms with E-state index in [1.165, 1.54) is 31.0 Å². The van der Waals surface area contributed by atoms with Crippen molar-refractivity contribution in [3.8, 4) is 0 Å². The van der Waals surface area contributed by atoms with Crippen LogP contribution in [0, 0.1) is 5.41 Å². The molecule has 4 nitrogen and oxygen atoms in total. The highest BCUT2D eigenvalue weighted by Gasteiger charge is 2.33. The summed E-state index contributed by atoms with van der Waals surface area (Å²) in [6.07, 6.45) is 3.77. The molecule has 0 atom stereocenters. The second kappa shape index (κ2) is 5.13. The Bertz CT molecular complexity index is 646. The van der Waals surface area contributed by atoms with Gasteiger partial charge in [-0.25, -0.2) is 4.98 Å². The molecule has 1 saturated carbocycles. The first-order valence-electron chi connectivity index (χ1n) is 6.87. The Hall–Kier alpha value is -1.49. The van der Waals surface area contributed by atoms with Gasteiger partial charge in [-0.1, -0.05) is 37.2 Å². The number of aliphatic carboxylic acids is 1. The molecular weight excluding hydrogens is 272 g/mol. The van der Waals surface area contributed by atoms with Crippen molar-refractivity contribution < 1.29 is 9.90 Å². The molecule has 0 radical (unpaired) electrons. The molecule has 3 rings (SSSR count). The van der Waals surface area contributed by atoms with Crippen LogP contribution in [0.5, 0.6) is 0 Å². The summed E-state index contributed by atoms with van der Waals surface area (Å²) in [6, 6.07) is 8.03. The van der Waals surface area contributed by atoms with Gasteiger partial charge in [-0.05, 0) is 30.4 Å². The minimum absolute atomic E-state index is 0.0556. The van der Waals surface area contributed by atoms with Crippen LogP contribution in [0.15, 0.2) is 29.4 Å². The van der Waals surface area contributed by atoms with Crippen molar-refractivity contribution >= 4 is 28.8 Å². The van der Waals surface area contributed by atoms with E-state index < -0.39 is 5.97 Å². The average Bonchev–Trinajstić information content (AvgIpc) is 2.73. The molecule has 0 amide bonds. The molecule has 0 saturated heterocycles. The molecule has 5 heteroatoms. The Morgan fingerprint density at radius 1 is 1.45 bits per heavy atom. The summed E-state index contributed by atoms with van der Waals surface area (Å²) in [7, 11) is 0. The highest BCUT2D eigenvalue weighted by molar-refractivity contribution is 7.99. The van der Waals surface area contributed by atoms with Crippen molar-refractivity contribution in [1.29, 1.82) is 0 Å². The average molecular weight is 290 g/mol. The summed E-state index contributed by atoms with van der Waals surface area (Å²) in [5, 5.41) is 9.69. The molecule has 0 bridgehead atoms. The number of thioether (sulfide) groups is 1. The number of hydrogen-bond acceptors (Lipinski definition) is 3. The molecule has 106 valence electrons. The highest BCUT2D eigenvalue weighted by atomic mass is 32.2. The third-order valence-corrected chi connectivity index (χ3v) is 5.01. The van der Waals surface area contributed by atoms with Gasteiger partial charge in [-0.15, -0.1) is 0 Å². The molecule has 1 aliphatic rings. The van der Waals surface area contributed by atoms with Crippen LogP contribution in [-0.4, -0.2) is 26.4 Å². The lowest BCUT2D eigenvalue weighted by atomic mass is 9.70. The Morgan fingerprint density at radius 3 is 2.85 bits per heavy atom. The fourth-order valence-corrected chi connectivity index (χ4v) is 3.50. The van der Waals surface area contributed by atoms with E-state index in [4.69, 9.17) is 5.11 Å². The van der Waals surface area contributed by atoms with Crippen molar-refractivity contribution in [1.82, 2.24) is 9.55 Å². The van der Waals surface area contributed by atoms with Gasteiger partial charge in [-0.2, -0.15) is 0 Å². The van der Waals surface area contributed by atoms with Crippen LogP contribution in [-0.2, 0) is 11.3 Å². The van der Waals surface area contributed by atoms with Gasteiger partial charge in [0.2, 0.25) is 0 Å². The van der Waals surface area contributed by atoms with E-state index in [0.717, 1.165) is 22.7 Å². The number of para-hydroxylation sites is 2. The lowest BCUT2D eigenvalue weighted by Crippen LogP contribution is -2.31. The van der Waals surface area contributed by atoms with Crippen LogP contribution in [0.1, 0.15) is 26.2 Å². The van der Waals surface area contributed by atoms with E-state index in [0.29, 0.717) is 5.41 Å². The molecule has 1 N–H and O–H groups in total. The number of hydrogen-bond donors (Lipinski definition) is 1. The first kappa shape index (κ1) is 13.5. The van der Waals surface area contributed by atoms with Crippen molar-refractivity contribution in [2.75, 3.05) is 5.75 Å². The van der Waals surface area contributed by atoms with Crippen LogP contribution in [0.3, 0.4) is 0 Å². The van der Waals surface area contributed by atoms with Crippen molar-refractivity contribution in [2.45, 2.75) is 37.9 Å². The predicted molar refractivity (Wildman–Crippen MR) is 80.1 cm³/mol. The molecule has 1 aromatic carbocycles. The van der Waals surface area contributed by atoms with Crippen LogP contribution in [0.25, 0.3) is 11.0 Å². The van der Waals surface area contributed by atoms with E-state index in [-0.39, 0.29) is 5.75 Å². The molecule has 1 fully saturated rings. The zero-order valence-corrected chi connectivity index (χ0v) is 12.3. The van der Waals surface area contributed by atoms with Crippen LogP contribution < -0.4 is 0 Å². The summed E-state index contributed by atoms with van der Waals surface area (Å²) >= 11 is 1.31. The standard InChI is InChI=1S/C15H18N2O2S/c1-15(7-4-8-15)10-17-12-6-3-2-5-11(12)16-14(17)20-9-13(18)19/h2-3,5-6H,4,7-10H2,1H3,(H,18,19). The largest absolute Gasteiger partial charge is 0.481 e. The molecule has 0 unspecified atom stereocenters. The van der Waals surface area contributed by atoms with Gasteiger partial charge in [0, 0.05) is 6.54 Å². The van der Waals surface area contributed by atoms with Crippen LogP contribution in [0.2, 0.25) is 0 Å². The Kier molecular flexibility index (Phi) is 3.46. The predicted octanol–water partition coefficient (Wildman–Crippen LogP) is 3.40. The lowest BCUT2D eigenvalue weighted by molar-refractivity contribution is -0.133. The minimum atomic E-state index is -0.802. The molecule has 1 heterocycles. The second-order valence-electron chi connectivity index (χ2n) is 5.82. The summed E-state index contributed by atoms with van der Waals surface area (Å²) in [4.78, 5) is 15.4. The summed E-state index contributed by atoms with van der Waals surface area (Å²) in [5.74, 6) is -0.747. The maximum Gasteiger partial charge on any atom is 0.313 e. The monoisotopic (exact) mass is 290 g/mol. The fraction of sp³-hybridized carbons (Fsp3) is 0.467.